The number of Topliss-reactive ketones (excluding diaryl/α,β-unsaturated/α-hetero) is 1. The lowest BCUT2D eigenvalue weighted by Crippen LogP contribution is -2.33. The second-order valence-corrected chi connectivity index (χ2v) is 9.11. The maximum absolute atomic E-state index is 13.3. The van der Waals surface area contributed by atoms with Crippen molar-refractivity contribution >= 4 is 17.4 Å². The molecule has 1 atom stereocenters. The molecule has 2 aromatic carbocycles. The van der Waals surface area contributed by atoms with Crippen LogP contribution in [0.5, 0.6) is 5.75 Å². The number of hydrogen-bond acceptors (Lipinski definition) is 5. The van der Waals surface area contributed by atoms with Gasteiger partial charge in [0.1, 0.15) is 11.5 Å². The second-order valence-electron chi connectivity index (χ2n) is 9.11. The lowest BCUT2D eigenvalue weighted by Gasteiger charge is -2.27. The van der Waals surface area contributed by atoms with Gasteiger partial charge in [-0.25, -0.2) is 0 Å². The van der Waals surface area contributed by atoms with Gasteiger partial charge in [-0.3, -0.25) is 9.59 Å². The van der Waals surface area contributed by atoms with E-state index in [9.17, 15) is 14.7 Å². The molecule has 0 bridgehead atoms. The minimum atomic E-state index is -0.637. The third-order valence-corrected chi connectivity index (χ3v) is 6.63. The average Bonchev–Trinajstić information content (AvgIpc) is 3.10. The van der Waals surface area contributed by atoms with Gasteiger partial charge in [0.25, 0.3) is 11.7 Å². The van der Waals surface area contributed by atoms with Crippen LogP contribution in [0, 0.1) is 13.8 Å². The van der Waals surface area contributed by atoms with Crippen LogP contribution in [0.25, 0.3) is 5.76 Å². The lowest BCUT2D eigenvalue weighted by molar-refractivity contribution is -0.140. The zero-order valence-corrected chi connectivity index (χ0v) is 21.6. The molecule has 0 spiro atoms. The number of carbonyl (C=O) groups is 2. The summed E-state index contributed by atoms with van der Waals surface area (Å²) < 4.78 is 5.70. The monoisotopic (exact) mass is 478 g/mol. The van der Waals surface area contributed by atoms with Crippen molar-refractivity contribution in [2.75, 3.05) is 32.8 Å². The van der Waals surface area contributed by atoms with Crippen LogP contribution >= 0.6 is 0 Å². The summed E-state index contributed by atoms with van der Waals surface area (Å²) in [5.41, 5.74) is 3.37. The summed E-state index contributed by atoms with van der Waals surface area (Å²) in [5.74, 6) is -0.619. The van der Waals surface area contributed by atoms with Crippen LogP contribution in [-0.4, -0.2) is 59.4 Å². The minimum absolute atomic E-state index is 0.139. The molecule has 1 amide bonds. The Kier molecular flexibility index (Phi) is 9.10. The quantitative estimate of drug-likeness (QED) is 0.272. The van der Waals surface area contributed by atoms with Crippen molar-refractivity contribution < 1.29 is 19.4 Å². The van der Waals surface area contributed by atoms with Crippen molar-refractivity contribution in [1.29, 1.82) is 0 Å². The van der Waals surface area contributed by atoms with Gasteiger partial charge in [-0.15, -0.1) is 0 Å². The molecule has 0 saturated carbocycles. The predicted molar refractivity (Wildman–Crippen MR) is 140 cm³/mol. The van der Waals surface area contributed by atoms with E-state index < -0.39 is 17.7 Å². The molecule has 2 aromatic rings. The minimum Gasteiger partial charge on any atom is -0.507 e. The highest BCUT2D eigenvalue weighted by atomic mass is 16.5. The molecule has 0 radical (unpaired) electrons. The highest BCUT2D eigenvalue weighted by Gasteiger charge is 2.45. The summed E-state index contributed by atoms with van der Waals surface area (Å²) in [6, 6.07) is 12.6. The molecule has 1 heterocycles. The number of benzene rings is 2. The van der Waals surface area contributed by atoms with Crippen molar-refractivity contribution in [1.82, 2.24) is 9.80 Å². The number of ketones is 1. The highest BCUT2D eigenvalue weighted by Crippen LogP contribution is 2.40. The number of aliphatic hydroxyl groups is 1. The topological polar surface area (TPSA) is 70.1 Å². The van der Waals surface area contributed by atoms with Crippen molar-refractivity contribution in [3.63, 3.8) is 0 Å². The molecule has 0 aliphatic carbocycles. The molecule has 0 aromatic heterocycles. The Morgan fingerprint density at radius 1 is 1.03 bits per heavy atom. The molecular weight excluding hydrogens is 440 g/mol. The van der Waals surface area contributed by atoms with E-state index in [0.717, 1.165) is 49.2 Å². The first-order chi connectivity index (χ1) is 16.8. The highest BCUT2D eigenvalue weighted by molar-refractivity contribution is 6.46. The number of amides is 1. The zero-order chi connectivity index (χ0) is 25.5. The molecule has 1 aliphatic rings. The van der Waals surface area contributed by atoms with Crippen LogP contribution in [0.3, 0.4) is 0 Å². The maximum atomic E-state index is 13.3. The SMILES string of the molecule is CCCOc1ccc(/C(O)=C2\C(=O)C(=O)N(CCCN(CC)CC)C2c2ccc(C)cc2)c(C)c1. The van der Waals surface area contributed by atoms with E-state index >= 15 is 0 Å². The van der Waals surface area contributed by atoms with Gasteiger partial charge in [0.05, 0.1) is 18.2 Å². The van der Waals surface area contributed by atoms with Crippen molar-refractivity contribution in [3.05, 3.63) is 70.3 Å². The molecule has 3 rings (SSSR count). The molecule has 6 nitrogen and oxygen atoms in total. The molecule has 1 fully saturated rings. The summed E-state index contributed by atoms with van der Waals surface area (Å²) in [7, 11) is 0. The van der Waals surface area contributed by atoms with Gasteiger partial charge in [0.2, 0.25) is 0 Å². The molecule has 188 valence electrons. The summed E-state index contributed by atoms with van der Waals surface area (Å²) in [4.78, 5) is 30.4. The van der Waals surface area contributed by atoms with E-state index in [-0.39, 0.29) is 11.3 Å². The second kappa shape index (κ2) is 12.0. The summed E-state index contributed by atoms with van der Waals surface area (Å²) in [5, 5.41) is 11.4. The first-order valence-electron chi connectivity index (χ1n) is 12.6. The normalized spacial score (nSPS) is 17.4. The Labute approximate surface area is 209 Å². The maximum Gasteiger partial charge on any atom is 0.295 e. The number of aliphatic hydroxyl groups excluding tert-OH is 1. The van der Waals surface area contributed by atoms with Gasteiger partial charge in [-0.2, -0.15) is 0 Å². The Morgan fingerprint density at radius 3 is 2.31 bits per heavy atom. The Morgan fingerprint density at radius 2 is 1.71 bits per heavy atom. The lowest BCUT2D eigenvalue weighted by atomic mass is 9.93. The van der Waals surface area contributed by atoms with Crippen LogP contribution < -0.4 is 4.74 Å². The molecule has 1 saturated heterocycles. The summed E-state index contributed by atoms with van der Waals surface area (Å²) in [6.07, 6.45) is 1.65. The number of ether oxygens (including phenoxy) is 1. The Hall–Kier alpha value is -3.12. The van der Waals surface area contributed by atoms with Gasteiger partial charge < -0.3 is 19.6 Å². The third kappa shape index (κ3) is 5.93. The Bertz CT molecular complexity index is 1070. The number of aryl methyl sites for hydroxylation is 2. The van der Waals surface area contributed by atoms with E-state index in [1.807, 2.05) is 51.1 Å². The average molecular weight is 479 g/mol. The molecular formula is C29H38N2O4. The van der Waals surface area contributed by atoms with E-state index in [0.29, 0.717) is 24.5 Å². The molecule has 1 unspecified atom stereocenters. The van der Waals surface area contributed by atoms with Gasteiger partial charge in [0, 0.05) is 12.1 Å². The molecule has 1 aliphatic heterocycles. The largest absolute Gasteiger partial charge is 0.507 e. The van der Waals surface area contributed by atoms with Gasteiger partial charge in [0.15, 0.2) is 0 Å². The summed E-state index contributed by atoms with van der Waals surface area (Å²) >= 11 is 0. The standard InChI is InChI=1S/C29H38N2O4/c1-6-18-35-23-14-15-24(21(5)19-23)27(32)25-26(22-12-10-20(4)11-13-22)31(29(34)28(25)33)17-9-16-30(7-2)8-3/h10-15,19,26,32H,6-9,16-18H2,1-5H3/b27-25+. The third-order valence-electron chi connectivity index (χ3n) is 6.63. The van der Waals surface area contributed by atoms with Gasteiger partial charge in [-0.05, 0) is 75.6 Å². The Balaban J connectivity index is 2.02. The number of hydrogen-bond donors (Lipinski definition) is 1. The fourth-order valence-corrected chi connectivity index (χ4v) is 4.57. The number of likely N-dealkylation sites (tertiary alicyclic amines) is 1. The van der Waals surface area contributed by atoms with E-state index in [2.05, 4.69) is 18.7 Å². The molecule has 1 N–H and O–H groups in total. The smallest absolute Gasteiger partial charge is 0.295 e. The predicted octanol–water partition coefficient (Wildman–Crippen LogP) is 5.25. The van der Waals surface area contributed by atoms with Crippen LogP contribution in [0.15, 0.2) is 48.0 Å². The van der Waals surface area contributed by atoms with E-state index in [1.165, 1.54) is 0 Å². The van der Waals surface area contributed by atoms with Crippen molar-refractivity contribution in [3.8, 4) is 5.75 Å². The fraction of sp³-hybridized carbons (Fsp3) is 0.448. The molecule has 6 heteroatoms. The first-order valence-corrected chi connectivity index (χ1v) is 12.6. The number of carbonyl (C=O) groups excluding carboxylic acids is 2. The summed E-state index contributed by atoms with van der Waals surface area (Å²) in [6.45, 7) is 13.9. The van der Waals surface area contributed by atoms with Crippen LogP contribution in [0.4, 0.5) is 0 Å². The van der Waals surface area contributed by atoms with Crippen LogP contribution in [0.2, 0.25) is 0 Å². The number of nitrogens with zero attached hydrogens (tertiary/aromatic N) is 2. The van der Waals surface area contributed by atoms with E-state index in [1.54, 1.807) is 17.0 Å². The van der Waals surface area contributed by atoms with Crippen molar-refractivity contribution in [2.45, 2.75) is 53.5 Å². The molecule has 35 heavy (non-hydrogen) atoms. The van der Waals surface area contributed by atoms with E-state index in [4.69, 9.17) is 4.74 Å². The zero-order valence-electron chi connectivity index (χ0n) is 21.6. The van der Waals surface area contributed by atoms with Gasteiger partial charge in [-0.1, -0.05) is 50.6 Å². The van der Waals surface area contributed by atoms with Crippen LogP contribution in [-0.2, 0) is 9.59 Å². The van der Waals surface area contributed by atoms with Crippen molar-refractivity contribution in [2.24, 2.45) is 0 Å². The number of rotatable bonds is 11. The van der Waals surface area contributed by atoms with Gasteiger partial charge >= 0.3 is 0 Å². The first kappa shape index (κ1) is 26.5. The van der Waals surface area contributed by atoms with Crippen LogP contribution in [0.1, 0.15) is 61.9 Å². The fourth-order valence-electron chi connectivity index (χ4n) is 4.57.